The molecule has 2 atom stereocenters. The second-order valence-corrected chi connectivity index (χ2v) is 7.13. The zero-order valence-electron chi connectivity index (χ0n) is 12.1. The first-order chi connectivity index (χ1) is 8.45. The molecule has 0 aromatic carbocycles. The maximum Gasteiger partial charge on any atom is 0.0549 e. The van der Waals surface area contributed by atoms with Crippen LogP contribution in [0, 0.1) is 0 Å². The number of aromatic nitrogens is 2. The molecular formula is C15H25N3. The van der Waals surface area contributed by atoms with Gasteiger partial charge in [0.1, 0.15) is 0 Å². The second-order valence-electron chi connectivity index (χ2n) is 7.13. The largest absolute Gasteiger partial charge is 0.300 e. The molecule has 2 aliphatic rings. The average molecular weight is 247 g/mol. The normalized spacial score (nSPS) is 33.0. The van der Waals surface area contributed by atoms with Crippen molar-refractivity contribution < 1.29 is 0 Å². The Bertz CT molecular complexity index is 415. The second kappa shape index (κ2) is 4.09. The van der Waals surface area contributed by atoms with Crippen LogP contribution < -0.4 is 0 Å². The first-order valence-electron chi connectivity index (χ1n) is 7.22. The van der Waals surface area contributed by atoms with E-state index in [1.54, 1.807) is 0 Å². The molecule has 0 amide bonds. The highest BCUT2D eigenvalue weighted by molar-refractivity contribution is 5.15. The molecular weight excluding hydrogens is 222 g/mol. The molecule has 2 bridgehead atoms. The fourth-order valence-electron chi connectivity index (χ4n) is 3.52. The molecule has 3 heteroatoms. The van der Waals surface area contributed by atoms with Gasteiger partial charge in [-0.2, -0.15) is 5.10 Å². The lowest BCUT2D eigenvalue weighted by Crippen LogP contribution is -2.40. The van der Waals surface area contributed by atoms with E-state index < -0.39 is 0 Å². The van der Waals surface area contributed by atoms with E-state index in [4.69, 9.17) is 0 Å². The van der Waals surface area contributed by atoms with Crippen molar-refractivity contribution >= 4 is 0 Å². The van der Waals surface area contributed by atoms with Crippen LogP contribution in [0.1, 0.15) is 58.1 Å². The summed E-state index contributed by atoms with van der Waals surface area (Å²) in [6.45, 7) is 6.77. The van der Waals surface area contributed by atoms with E-state index in [9.17, 15) is 0 Å². The van der Waals surface area contributed by atoms with E-state index in [0.717, 1.165) is 12.1 Å². The summed E-state index contributed by atoms with van der Waals surface area (Å²) in [5.74, 6) is 0. The van der Waals surface area contributed by atoms with Gasteiger partial charge in [-0.15, -0.1) is 0 Å². The van der Waals surface area contributed by atoms with Crippen LogP contribution in [0.3, 0.4) is 0 Å². The molecule has 0 saturated carbocycles. The van der Waals surface area contributed by atoms with Gasteiger partial charge in [0.15, 0.2) is 0 Å². The van der Waals surface area contributed by atoms with Gasteiger partial charge < -0.3 is 4.90 Å². The van der Waals surface area contributed by atoms with Gasteiger partial charge in [-0.05, 0) is 43.7 Å². The fraction of sp³-hybridized carbons (Fsp3) is 0.800. The van der Waals surface area contributed by atoms with Crippen molar-refractivity contribution in [3.05, 3.63) is 18.0 Å². The number of hydrogen-bond acceptors (Lipinski definition) is 2. The molecule has 18 heavy (non-hydrogen) atoms. The summed E-state index contributed by atoms with van der Waals surface area (Å²) >= 11 is 0. The monoisotopic (exact) mass is 247 g/mol. The Labute approximate surface area is 110 Å². The molecule has 2 unspecified atom stereocenters. The highest BCUT2D eigenvalue weighted by atomic mass is 15.3. The van der Waals surface area contributed by atoms with E-state index in [-0.39, 0.29) is 5.41 Å². The van der Waals surface area contributed by atoms with Crippen molar-refractivity contribution in [2.75, 3.05) is 7.05 Å². The predicted octanol–water partition coefficient (Wildman–Crippen LogP) is 2.98. The minimum atomic E-state index is 0.211. The predicted molar refractivity (Wildman–Crippen MR) is 73.8 cm³/mol. The Kier molecular flexibility index (Phi) is 2.77. The van der Waals surface area contributed by atoms with Crippen molar-refractivity contribution in [2.45, 2.75) is 70.0 Å². The lowest BCUT2D eigenvalue weighted by molar-refractivity contribution is 0.131. The molecule has 0 radical (unpaired) electrons. The van der Waals surface area contributed by atoms with Crippen molar-refractivity contribution in [3.63, 3.8) is 0 Å². The Morgan fingerprint density at radius 3 is 2.22 bits per heavy atom. The lowest BCUT2D eigenvalue weighted by Gasteiger charge is -2.36. The van der Waals surface area contributed by atoms with Crippen LogP contribution in [0.15, 0.2) is 12.4 Å². The molecule has 100 valence electrons. The summed E-state index contributed by atoms with van der Waals surface area (Å²) in [6.07, 6.45) is 9.64. The van der Waals surface area contributed by atoms with Gasteiger partial charge in [-0.3, -0.25) is 4.68 Å². The third-order valence-electron chi connectivity index (χ3n) is 4.92. The minimum Gasteiger partial charge on any atom is -0.300 e. The molecule has 3 heterocycles. The van der Waals surface area contributed by atoms with E-state index in [0.29, 0.717) is 6.04 Å². The molecule has 2 fully saturated rings. The Balaban J connectivity index is 1.78. The fourth-order valence-corrected chi connectivity index (χ4v) is 3.52. The maximum atomic E-state index is 4.63. The lowest BCUT2D eigenvalue weighted by atomic mass is 9.90. The smallest absolute Gasteiger partial charge is 0.0549 e. The Hall–Kier alpha value is -0.830. The third-order valence-corrected chi connectivity index (χ3v) is 4.92. The van der Waals surface area contributed by atoms with Gasteiger partial charge in [0, 0.05) is 18.3 Å². The summed E-state index contributed by atoms with van der Waals surface area (Å²) in [4.78, 5) is 2.59. The van der Waals surface area contributed by atoms with Crippen molar-refractivity contribution in [1.29, 1.82) is 0 Å². The van der Waals surface area contributed by atoms with Crippen molar-refractivity contribution in [1.82, 2.24) is 14.7 Å². The Morgan fingerprint density at radius 2 is 1.72 bits per heavy atom. The third kappa shape index (κ3) is 1.99. The molecule has 1 aromatic rings. The number of fused-ring (bicyclic) bond motifs is 2. The van der Waals surface area contributed by atoms with Crippen LogP contribution >= 0.6 is 0 Å². The topological polar surface area (TPSA) is 21.1 Å². The zero-order chi connectivity index (χ0) is 12.9. The SMILES string of the molecule is CN1C2CCC1CC(n1cc(C(C)(C)C)cn1)C2. The quantitative estimate of drug-likeness (QED) is 0.760. The highest BCUT2D eigenvalue weighted by Crippen LogP contribution is 2.39. The maximum absolute atomic E-state index is 4.63. The van der Waals surface area contributed by atoms with E-state index >= 15 is 0 Å². The number of piperidine rings is 1. The number of rotatable bonds is 1. The molecule has 2 aliphatic heterocycles. The summed E-state index contributed by atoms with van der Waals surface area (Å²) in [7, 11) is 2.29. The molecule has 3 rings (SSSR count). The van der Waals surface area contributed by atoms with Crippen LogP contribution in [0.2, 0.25) is 0 Å². The van der Waals surface area contributed by atoms with Crippen molar-refractivity contribution in [3.8, 4) is 0 Å². The molecule has 0 aliphatic carbocycles. The van der Waals surface area contributed by atoms with Crippen molar-refractivity contribution in [2.24, 2.45) is 0 Å². The van der Waals surface area contributed by atoms with Crippen LogP contribution in [-0.4, -0.2) is 33.8 Å². The van der Waals surface area contributed by atoms with E-state index in [1.807, 2.05) is 0 Å². The average Bonchev–Trinajstić information content (AvgIpc) is 2.82. The van der Waals surface area contributed by atoms with Crippen LogP contribution in [-0.2, 0) is 5.41 Å². The standard InChI is InChI=1S/C15H25N3/c1-15(2,3)11-9-16-18(10-11)14-7-12-5-6-13(8-14)17(12)4/h9-10,12-14H,5-8H2,1-4H3. The summed E-state index contributed by atoms with van der Waals surface area (Å²) < 4.78 is 2.24. The first-order valence-corrected chi connectivity index (χ1v) is 7.22. The number of hydrogen-bond donors (Lipinski definition) is 0. The van der Waals surface area contributed by atoms with Gasteiger partial charge in [-0.1, -0.05) is 20.8 Å². The zero-order valence-corrected chi connectivity index (χ0v) is 12.1. The van der Waals surface area contributed by atoms with E-state index in [1.165, 1.54) is 31.2 Å². The minimum absolute atomic E-state index is 0.211. The summed E-state index contributed by atoms with van der Waals surface area (Å²) in [5, 5.41) is 4.63. The molecule has 3 nitrogen and oxygen atoms in total. The van der Waals surface area contributed by atoms with Gasteiger partial charge in [0.25, 0.3) is 0 Å². The highest BCUT2D eigenvalue weighted by Gasteiger charge is 2.39. The Morgan fingerprint density at radius 1 is 1.11 bits per heavy atom. The summed E-state index contributed by atoms with van der Waals surface area (Å²) in [6, 6.07) is 2.20. The molecule has 2 saturated heterocycles. The first kappa shape index (κ1) is 12.2. The van der Waals surface area contributed by atoms with Gasteiger partial charge in [-0.25, -0.2) is 0 Å². The van der Waals surface area contributed by atoms with Crippen LogP contribution in [0.4, 0.5) is 0 Å². The van der Waals surface area contributed by atoms with E-state index in [2.05, 4.69) is 54.9 Å². The van der Waals surface area contributed by atoms with Crippen LogP contribution in [0.25, 0.3) is 0 Å². The van der Waals surface area contributed by atoms with Crippen LogP contribution in [0.5, 0.6) is 0 Å². The number of nitrogens with zero attached hydrogens (tertiary/aromatic N) is 3. The molecule has 0 spiro atoms. The molecule has 0 N–H and O–H groups in total. The van der Waals surface area contributed by atoms with Gasteiger partial charge in [0.2, 0.25) is 0 Å². The van der Waals surface area contributed by atoms with Gasteiger partial charge >= 0.3 is 0 Å². The molecule has 1 aromatic heterocycles. The summed E-state index contributed by atoms with van der Waals surface area (Å²) in [5.41, 5.74) is 1.57. The van der Waals surface area contributed by atoms with Gasteiger partial charge in [0.05, 0.1) is 12.2 Å².